The summed E-state index contributed by atoms with van der Waals surface area (Å²) in [6.07, 6.45) is 5.79. The maximum absolute atomic E-state index is 13.3. The van der Waals surface area contributed by atoms with Gasteiger partial charge in [0.05, 0.1) is 16.6 Å². The van der Waals surface area contributed by atoms with E-state index in [1.807, 2.05) is 9.88 Å². The largest absolute Gasteiger partial charge is 0.356 e. The van der Waals surface area contributed by atoms with Crippen LogP contribution in [0.15, 0.2) is 33.9 Å². The van der Waals surface area contributed by atoms with Crippen LogP contribution in [-0.2, 0) is 4.79 Å². The molecule has 11 heteroatoms. The zero-order chi connectivity index (χ0) is 24.2. The van der Waals surface area contributed by atoms with Crippen molar-refractivity contribution < 1.29 is 9.59 Å². The number of piperazine rings is 1. The highest BCUT2D eigenvalue weighted by Crippen LogP contribution is 2.30. The van der Waals surface area contributed by atoms with Crippen molar-refractivity contribution in [1.82, 2.24) is 20.2 Å². The van der Waals surface area contributed by atoms with Gasteiger partial charge in [0.25, 0.3) is 11.5 Å². The third kappa shape index (κ3) is 5.64. The van der Waals surface area contributed by atoms with Gasteiger partial charge in [-0.05, 0) is 37.0 Å². The lowest BCUT2D eigenvalue weighted by Crippen LogP contribution is -2.60. The molecule has 0 spiro atoms. The third-order valence-electron chi connectivity index (χ3n) is 6.49. The van der Waals surface area contributed by atoms with Crippen molar-refractivity contribution in [3.63, 3.8) is 0 Å². The van der Waals surface area contributed by atoms with Crippen LogP contribution in [0.3, 0.4) is 0 Å². The number of hydrogen-bond donors (Lipinski definition) is 3. The molecule has 2 fully saturated rings. The summed E-state index contributed by atoms with van der Waals surface area (Å²) in [5.74, 6) is -0.241. The first-order valence-electron chi connectivity index (χ1n) is 11.4. The molecule has 1 aliphatic carbocycles. The molecule has 2 aliphatic rings. The lowest BCUT2D eigenvalue weighted by molar-refractivity contribution is -0.123. The number of benzene rings is 1. The van der Waals surface area contributed by atoms with Gasteiger partial charge in [0.2, 0.25) is 5.91 Å². The minimum Gasteiger partial charge on any atom is -0.356 e. The van der Waals surface area contributed by atoms with Crippen LogP contribution < -0.4 is 21.5 Å². The summed E-state index contributed by atoms with van der Waals surface area (Å²) >= 11 is 12.3. The number of rotatable bonds is 5. The zero-order valence-electron chi connectivity index (χ0n) is 18.6. The highest BCUT2D eigenvalue weighted by Gasteiger charge is 2.35. The summed E-state index contributed by atoms with van der Waals surface area (Å²) in [4.78, 5) is 57.4. The predicted molar refractivity (Wildman–Crippen MR) is 131 cm³/mol. The summed E-state index contributed by atoms with van der Waals surface area (Å²) in [5, 5.41) is 3.86. The van der Waals surface area contributed by atoms with Crippen molar-refractivity contribution in [2.24, 2.45) is 5.92 Å². The van der Waals surface area contributed by atoms with Crippen molar-refractivity contribution in [1.29, 1.82) is 0 Å². The van der Waals surface area contributed by atoms with Gasteiger partial charge >= 0.3 is 5.69 Å². The fourth-order valence-corrected chi connectivity index (χ4v) is 4.97. The molecule has 4 rings (SSSR count). The van der Waals surface area contributed by atoms with Crippen LogP contribution in [0.25, 0.3) is 0 Å². The van der Waals surface area contributed by atoms with Crippen molar-refractivity contribution in [2.45, 2.75) is 38.1 Å². The first-order valence-corrected chi connectivity index (χ1v) is 12.2. The van der Waals surface area contributed by atoms with E-state index in [1.54, 1.807) is 18.2 Å². The van der Waals surface area contributed by atoms with Crippen LogP contribution in [0, 0.1) is 5.92 Å². The molecule has 1 aromatic heterocycles. The van der Waals surface area contributed by atoms with Gasteiger partial charge in [0.15, 0.2) is 0 Å². The molecule has 0 bridgehead atoms. The van der Waals surface area contributed by atoms with Crippen molar-refractivity contribution >= 4 is 40.7 Å². The number of anilines is 1. The Morgan fingerprint density at radius 3 is 2.47 bits per heavy atom. The fourth-order valence-electron chi connectivity index (χ4n) is 4.67. The minimum absolute atomic E-state index is 0.0877. The number of aromatic nitrogens is 2. The van der Waals surface area contributed by atoms with E-state index in [2.05, 4.69) is 10.3 Å². The number of hydrogen-bond acceptors (Lipinski definition) is 5. The molecule has 3 N–H and O–H groups in total. The van der Waals surface area contributed by atoms with Gasteiger partial charge in [-0.15, -0.1) is 0 Å². The average Bonchev–Trinajstić information content (AvgIpc) is 2.83. The molecule has 9 nitrogen and oxygen atoms in total. The monoisotopic (exact) mass is 507 g/mol. The van der Waals surface area contributed by atoms with Crippen molar-refractivity contribution in [3.8, 4) is 0 Å². The Morgan fingerprint density at radius 1 is 1.00 bits per heavy atom. The van der Waals surface area contributed by atoms with Crippen molar-refractivity contribution in [3.05, 3.63) is 60.8 Å². The van der Waals surface area contributed by atoms with E-state index in [9.17, 15) is 19.2 Å². The summed E-state index contributed by atoms with van der Waals surface area (Å²) in [7, 11) is 0. The number of amides is 2. The van der Waals surface area contributed by atoms with Crippen LogP contribution in [0.5, 0.6) is 0 Å². The molecule has 2 amide bonds. The van der Waals surface area contributed by atoms with Gasteiger partial charge in [-0.1, -0.05) is 42.5 Å². The molecule has 34 heavy (non-hydrogen) atoms. The molecule has 2 heterocycles. The van der Waals surface area contributed by atoms with E-state index in [1.165, 1.54) is 24.2 Å². The van der Waals surface area contributed by atoms with Gasteiger partial charge in [-0.3, -0.25) is 19.4 Å². The van der Waals surface area contributed by atoms with E-state index >= 15 is 0 Å². The Kier molecular flexibility index (Phi) is 7.63. The fraction of sp³-hybridized carbons (Fsp3) is 0.478. The van der Waals surface area contributed by atoms with Crippen LogP contribution in [0.2, 0.25) is 10.0 Å². The molecule has 1 aromatic carbocycles. The second-order valence-corrected chi connectivity index (χ2v) is 9.62. The van der Waals surface area contributed by atoms with E-state index in [0.717, 1.165) is 24.6 Å². The number of H-pyrrole nitrogens is 2. The summed E-state index contributed by atoms with van der Waals surface area (Å²) in [6, 6.07) is 5.55. The second-order valence-electron chi connectivity index (χ2n) is 8.81. The first kappa shape index (κ1) is 24.3. The maximum atomic E-state index is 13.3. The van der Waals surface area contributed by atoms with Crippen LogP contribution in [0.4, 0.5) is 5.69 Å². The van der Waals surface area contributed by atoms with Gasteiger partial charge in [-0.25, -0.2) is 4.79 Å². The molecule has 1 saturated carbocycles. The summed E-state index contributed by atoms with van der Waals surface area (Å²) in [5.41, 5.74) is -0.808. The number of halogens is 2. The van der Waals surface area contributed by atoms with Crippen LogP contribution >= 0.6 is 23.2 Å². The van der Waals surface area contributed by atoms with Gasteiger partial charge < -0.3 is 20.1 Å². The van der Waals surface area contributed by atoms with Crippen LogP contribution in [0.1, 0.15) is 42.6 Å². The quantitative estimate of drug-likeness (QED) is 0.574. The smallest absolute Gasteiger partial charge is 0.326 e. The van der Waals surface area contributed by atoms with Gasteiger partial charge in [-0.2, -0.15) is 0 Å². The lowest BCUT2D eigenvalue weighted by Gasteiger charge is -2.42. The number of carbonyl (C=O) groups excluding carboxylic acids is 2. The van der Waals surface area contributed by atoms with E-state index in [4.69, 9.17) is 23.2 Å². The topological polar surface area (TPSA) is 118 Å². The maximum Gasteiger partial charge on any atom is 0.326 e. The van der Waals surface area contributed by atoms with E-state index in [-0.39, 0.29) is 18.1 Å². The SMILES string of the molecule is O=C(NCC1CCCCC1)C1CN(C(=O)c2cc(=O)[nH]c(=O)[nH]2)CCN1c1ccc(Cl)c(Cl)c1. The van der Waals surface area contributed by atoms with Crippen molar-refractivity contribution in [2.75, 3.05) is 31.1 Å². The molecule has 0 radical (unpaired) electrons. The van der Waals surface area contributed by atoms with Gasteiger partial charge in [0, 0.05) is 31.4 Å². The Bertz CT molecular complexity index is 1150. The summed E-state index contributed by atoms with van der Waals surface area (Å²) < 4.78 is 0. The molecule has 1 saturated heterocycles. The minimum atomic E-state index is -0.757. The highest BCUT2D eigenvalue weighted by atomic mass is 35.5. The Hall–Kier alpha value is -2.78. The molecule has 2 aromatic rings. The normalized spacial score (nSPS) is 19.2. The Balaban J connectivity index is 1.55. The van der Waals surface area contributed by atoms with E-state index in [0.29, 0.717) is 35.6 Å². The standard InChI is InChI=1S/C23H27Cl2N5O4/c24-16-7-6-15(10-17(16)25)30-9-8-29(22(33)18-11-20(31)28-23(34)27-18)13-19(30)21(32)26-12-14-4-2-1-3-5-14/h6-7,10-11,14,19H,1-5,8-9,12-13H2,(H,26,32)(H2,27,28,31,34). The van der Waals surface area contributed by atoms with Gasteiger partial charge in [0.1, 0.15) is 11.7 Å². The number of carbonyl (C=O) groups is 2. The average molecular weight is 508 g/mol. The molecule has 1 unspecified atom stereocenters. The molecule has 1 atom stereocenters. The number of nitrogens with zero attached hydrogens (tertiary/aromatic N) is 2. The lowest BCUT2D eigenvalue weighted by atomic mass is 9.89. The first-order chi connectivity index (χ1) is 16.3. The molecule has 1 aliphatic heterocycles. The van der Waals surface area contributed by atoms with Crippen LogP contribution in [-0.4, -0.2) is 58.9 Å². The molecular formula is C23H27Cl2N5O4. The zero-order valence-corrected chi connectivity index (χ0v) is 20.1. The summed E-state index contributed by atoms with van der Waals surface area (Å²) in [6.45, 7) is 1.34. The molecular weight excluding hydrogens is 481 g/mol. The second kappa shape index (κ2) is 10.7. The molecule has 182 valence electrons. The predicted octanol–water partition coefficient (Wildman–Crippen LogP) is 2.40. The highest BCUT2D eigenvalue weighted by molar-refractivity contribution is 6.42. The Morgan fingerprint density at radius 2 is 1.76 bits per heavy atom. The van der Waals surface area contributed by atoms with E-state index < -0.39 is 23.2 Å². The Labute approximate surface area is 206 Å². The number of aromatic amines is 2. The third-order valence-corrected chi connectivity index (χ3v) is 7.22. The number of nitrogens with one attached hydrogen (secondary N) is 3.